The number of benzene rings is 1. The van der Waals surface area contributed by atoms with Crippen LogP contribution in [0.2, 0.25) is 0 Å². The van der Waals surface area contributed by atoms with Crippen molar-refractivity contribution < 1.29 is 23.9 Å². The molecule has 136 valence electrons. The Hall–Kier alpha value is -2.96. The van der Waals surface area contributed by atoms with Crippen LogP contribution in [0.15, 0.2) is 36.4 Å². The molecule has 0 aromatic heterocycles. The molecule has 3 amide bonds. The molecular formula is C19H20N2O5. The molecule has 1 heterocycles. The zero-order valence-electron chi connectivity index (χ0n) is 14.4. The monoisotopic (exact) mass is 356 g/mol. The summed E-state index contributed by atoms with van der Waals surface area (Å²) in [6, 6.07) is 6.63. The summed E-state index contributed by atoms with van der Waals surface area (Å²) < 4.78 is 4.63. The van der Waals surface area contributed by atoms with E-state index in [-0.39, 0.29) is 36.7 Å². The number of ether oxygens (including phenoxy) is 1. The van der Waals surface area contributed by atoms with E-state index in [1.807, 2.05) is 12.2 Å². The van der Waals surface area contributed by atoms with Crippen molar-refractivity contribution in [1.29, 1.82) is 0 Å². The van der Waals surface area contributed by atoms with Gasteiger partial charge < -0.3 is 10.1 Å². The molecule has 26 heavy (non-hydrogen) atoms. The van der Waals surface area contributed by atoms with Gasteiger partial charge in [-0.05, 0) is 30.5 Å². The molecule has 1 saturated heterocycles. The fourth-order valence-corrected chi connectivity index (χ4v) is 3.30. The molecule has 2 atom stereocenters. The summed E-state index contributed by atoms with van der Waals surface area (Å²) in [5.74, 6) is -2.00. The minimum atomic E-state index is -0.428. The van der Waals surface area contributed by atoms with E-state index in [0.717, 1.165) is 10.5 Å². The van der Waals surface area contributed by atoms with E-state index in [1.54, 1.807) is 24.3 Å². The number of esters is 1. The number of rotatable bonds is 5. The lowest BCUT2D eigenvalue weighted by Gasteiger charge is -2.14. The third-order valence-electron chi connectivity index (χ3n) is 4.77. The van der Waals surface area contributed by atoms with E-state index in [2.05, 4.69) is 10.1 Å². The normalized spacial score (nSPS) is 21.5. The summed E-state index contributed by atoms with van der Waals surface area (Å²) in [5, 5.41) is 2.69. The van der Waals surface area contributed by atoms with Crippen molar-refractivity contribution in [2.45, 2.75) is 19.4 Å². The highest BCUT2D eigenvalue weighted by Gasteiger charge is 2.47. The molecule has 0 bridgehead atoms. The number of likely N-dealkylation sites (tertiary alicyclic amines) is 1. The molecule has 1 aromatic rings. The molecule has 2 aliphatic rings. The lowest BCUT2D eigenvalue weighted by atomic mass is 9.85. The zero-order chi connectivity index (χ0) is 18.7. The van der Waals surface area contributed by atoms with Crippen LogP contribution in [0.25, 0.3) is 0 Å². The van der Waals surface area contributed by atoms with Gasteiger partial charge in [-0.15, -0.1) is 0 Å². The van der Waals surface area contributed by atoms with Gasteiger partial charge in [0, 0.05) is 6.54 Å². The average molecular weight is 356 g/mol. The van der Waals surface area contributed by atoms with Crippen molar-refractivity contribution in [2.24, 2.45) is 11.8 Å². The molecule has 0 radical (unpaired) electrons. The highest BCUT2D eigenvalue weighted by molar-refractivity contribution is 6.07. The smallest absolute Gasteiger partial charge is 0.337 e. The predicted molar refractivity (Wildman–Crippen MR) is 91.7 cm³/mol. The molecule has 0 unspecified atom stereocenters. The summed E-state index contributed by atoms with van der Waals surface area (Å²) in [6.07, 6.45) is 4.93. The maximum absolute atomic E-state index is 12.3. The van der Waals surface area contributed by atoms with Gasteiger partial charge in [0.2, 0.25) is 17.7 Å². The van der Waals surface area contributed by atoms with E-state index in [4.69, 9.17) is 0 Å². The number of nitrogens with zero attached hydrogens (tertiary/aromatic N) is 1. The number of fused-ring (bicyclic) bond motifs is 1. The number of imide groups is 1. The Morgan fingerprint density at radius 2 is 1.65 bits per heavy atom. The number of carbonyl (C=O) groups is 4. The Morgan fingerprint density at radius 3 is 2.19 bits per heavy atom. The fourth-order valence-electron chi connectivity index (χ4n) is 3.30. The minimum absolute atomic E-state index is 0.241. The van der Waals surface area contributed by atoms with Gasteiger partial charge in [0.25, 0.3) is 0 Å². The molecule has 7 heteroatoms. The summed E-state index contributed by atoms with van der Waals surface area (Å²) >= 11 is 0. The van der Waals surface area contributed by atoms with E-state index in [1.165, 1.54) is 7.11 Å². The first-order valence-corrected chi connectivity index (χ1v) is 8.45. The van der Waals surface area contributed by atoms with Crippen LogP contribution in [-0.2, 0) is 25.7 Å². The van der Waals surface area contributed by atoms with Gasteiger partial charge in [0.1, 0.15) is 6.54 Å². The van der Waals surface area contributed by atoms with Crippen LogP contribution in [0.3, 0.4) is 0 Å². The Bertz CT molecular complexity index is 743. The standard InChI is InChI=1S/C19H20N2O5/c1-26-19(25)13-8-6-12(7-9-13)10-20-16(22)11-21-17(23)14-4-2-3-5-15(14)18(21)24/h2-3,6-9,14-15H,4-5,10-11H2,1H3,(H,20,22)/t14-,15+. The molecule has 1 aromatic carbocycles. The number of nitrogens with one attached hydrogen (secondary N) is 1. The van der Waals surface area contributed by atoms with Crippen molar-refractivity contribution in [3.05, 3.63) is 47.5 Å². The quantitative estimate of drug-likeness (QED) is 0.483. The third-order valence-corrected chi connectivity index (χ3v) is 4.77. The maximum atomic E-state index is 12.3. The number of hydrogen-bond acceptors (Lipinski definition) is 5. The second kappa shape index (κ2) is 7.51. The molecule has 1 aliphatic heterocycles. The zero-order valence-corrected chi connectivity index (χ0v) is 14.4. The first-order chi connectivity index (χ1) is 12.5. The Labute approximate surface area is 151 Å². The predicted octanol–water partition coefficient (Wildman–Crippen LogP) is 1.04. The van der Waals surface area contributed by atoms with Gasteiger partial charge in [-0.2, -0.15) is 0 Å². The van der Waals surface area contributed by atoms with Crippen LogP contribution in [-0.4, -0.2) is 42.2 Å². The first kappa shape index (κ1) is 17.8. The number of hydrogen-bond donors (Lipinski definition) is 1. The first-order valence-electron chi connectivity index (χ1n) is 8.45. The lowest BCUT2D eigenvalue weighted by Crippen LogP contribution is -2.40. The number of carbonyl (C=O) groups excluding carboxylic acids is 4. The largest absolute Gasteiger partial charge is 0.465 e. The third kappa shape index (κ3) is 3.51. The SMILES string of the molecule is COC(=O)c1ccc(CNC(=O)CN2C(=O)[C@H]3CC=CC[C@H]3C2=O)cc1. The van der Waals surface area contributed by atoms with Gasteiger partial charge in [-0.3, -0.25) is 19.3 Å². The molecule has 1 N–H and O–H groups in total. The summed E-state index contributed by atoms with van der Waals surface area (Å²) in [7, 11) is 1.31. The molecule has 1 aliphatic carbocycles. The molecule has 1 fully saturated rings. The maximum Gasteiger partial charge on any atom is 0.337 e. The van der Waals surface area contributed by atoms with Gasteiger partial charge >= 0.3 is 5.97 Å². The van der Waals surface area contributed by atoms with Crippen molar-refractivity contribution in [3.8, 4) is 0 Å². The second-order valence-electron chi connectivity index (χ2n) is 6.38. The lowest BCUT2D eigenvalue weighted by molar-refractivity contribution is -0.143. The van der Waals surface area contributed by atoms with E-state index in [9.17, 15) is 19.2 Å². The average Bonchev–Trinajstić information content (AvgIpc) is 2.91. The minimum Gasteiger partial charge on any atom is -0.465 e. The topological polar surface area (TPSA) is 92.8 Å². The van der Waals surface area contributed by atoms with Crippen LogP contribution < -0.4 is 5.32 Å². The Morgan fingerprint density at radius 1 is 1.08 bits per heavy atom. The molecular weight excluding hydrogens is 336 g/mol. The number of methoxy groups -OCH3 is 1. The number of amides is 3. The highest BCUT2D eigenvalue weighted by Crippen LogP contribution is 2.34. The van der Waals surface area contributed by atoms with Crippen molar-refractivity contribution in [1.82, 2.24) is 10.2 Å². The van der Waals surface area contributed by atoms with Gasteiger partial charge in [0.05, 0.1) is 24.5 Å². The Kier molecular flexibility index (Phi) is 5.16. The van der Waals surface area contributed by atoms with Crippen LogP contribution >= 0.6 is 0 Å². The second-order valence-corrected chi connectivity index (χ2v) is 6.38. The van der Waals surface area contributed by atoms with Crippen molar-refractivity contribution in [2.75, 3.05) is 13.7 Å². The van der Waals surface area contributed by atoms with Gasteiger partial charge in [-0.25, -0.2) is 4.79 Å². The highest BCUT2D eigenvalue weighted by atomic mass is 16.5. The molecule has 0 saturated carbocycles. The van der Waals surface area contributed by atoms with Gasteiger partial charge in [-0.1, -0.05) is 24.3 Å². The Balaban J connectivity index is 1.54. The van der Waals surface area contributed by atoms with Crippen molar-refractivity contribution >= 4 is 23.7 Å². The van der Waals surface area contributed by atoms with E-state index >= 15 is 0 Å². The summed E-state index contributed by atoms with van der Waals surface area (Å²) in [5.41, 5.74) is 1.22. The van der Waals surface area contributed by atoms with Crippen LogP contribution in [0.4, 0.5) is 0 Å². The fraction of sp³-hybridized carbons (Fsp3) is 0.368. The summed E-state index contributed by atoms with van der Waals surface area (Å²) in [6.45, 7) is -0.0180. The number of allylic oxidation sites excluding steroid dienone is 2. The van der Waals surface area contributed by atoms with Crippen LogP contribution in [0.1, 0.15) is 28.8 Å². The van der Waals surface area contributed by atoms with Gasteiger partial charge in [0.15, 0.2) is 0 Å². The van der Waals surface area contributed by atoms with E-state index in [0.29, 0.717) is 18.4 Å². The van der Waals surface area contributed by atoms with E-state index < -0.39 is 11.9 Å². The molecule has 0 spiro atoms. The molecule has 7 nitrogen and oxygen atoms in total. The molecule has 3 rings (SSSR count). The van der Waals surface area contributed by atoms with Crippen LogP contribution in [0, 0.1) is 11.8 Å². The summed E-state index contributed by atoms with van der Waals surface area (Å²) in [4.78, 5) is 49.3. The van der Waals surface area contributed by atoms with Crippen molar-refractivity contribution in [3.63, 3.8) is 0 Å². The van der Waals surface area contributed by atoms with Crippen LogP contribution in [0.5, 0.6) is 0 Å².